The van der Waals surface area contributed by atoms with E-state index in [-0.39, 0.29) is 5.88 Å². The largest absolute Gasteiger partial charge is 0.494 e. The van der Waals surface area contributed by atoms with Gasteiger partial charge in [0.15, 0.2) is 0 Å². The fourth-order valence-corrected chi connectivity index (χ4v) is 0.649. The summed E-state index contributed by atoms with van der Waals surface area (Å²) >= 11 is 5.49. The summed E-state index contributed by atoms with van der Waals surface area (Å²) in [6, 6.07) is 0. The summed E-state index contributed by atoms with van der Waals surface area (Å²) in [4.78, 5) is 3.92. The summed E-state index contributed by atoms with van der Waals surface area (Å²) in [7, 11) is 0. The van der Waals surface area contributed by atoms with Crippen LogP contribution in [0.5, 0.6) is 0 Å². The molecule has 50 valence electrons. The summed E-state index contributed by atoms with van der Waals surface area (Å²) in [5.41, 5.74) is 0. The topological polar surface area (TPSA) is 44.6 Å². The highest BCUT2D eigenvalue weighted by Gasteiger charge is 2.07. The van der Waals surface area contributed by atoms with Crippen LogP contribution in [-0.2, 0) is 0 Å². The van der Waals surface area contributed by atoms with Gasteiger partial charge in [-0.1, -0.05) is 11.6 Å². The third-order valence-electron chi connectivity index (χ3n) is 1.01. The normalized spacial score (nSPS) is 19.1. The number of nitrogens with one attached hydrogen (secondary N) is 1. The average Bonchev–Trinajstić information content (AvgIpc) is 1.80. The first kappa shape index (κ1) is 6.42. The molecule has 1 rings (SSSR count). The van der Waals surface area contributed by atoms with Crippen molar-refractivity contribution in [1.82, 2.24) is 5.32 Å². The molecule has 0 saturated carbocycles. The van der Waals surface area contributed by atoms with Gasteiger partial charge in [-0.15, -0.1) is 0 Å². The Bertz CT molecular complexity index is 185. The van der Waals surface area contributed by atoms with Crippen LogP contribution in [0.2, 0.25) is 0 Å². The SMILES string of the molecule is CC1=NCC(Cl)=C(O)N1. The Morgan fingerprint density at radius 1 is 1.78 bits per heavy atom. The summed E-state index contributed by atoms with van der Waals surface area (Å²) in [6.07, 6.45) is 0. The molecule has 1 heterocycles. The molecule has 2 N–H and O–H groups in total. The highest BCUT2D eigenvalue weighted by atomic mass is 35.5. The van der Waals surface area contributed by atoms with Crippen molar-refractivity contribution in [2.45, 2.75) is 6.92 Å². The Balaban J connectivity index is 2.70. The van der Waals surface area contributed by atoms with Crippen LogP contribution in [0.1, 0.15) is 6.92 Å². The van der Waals surface area contributed by atoms with E-state index in [0.29, 0.717) is 17.4 Å². The molecule has 1 aliphatic rings. The minimum Gasteiger partial charge on any atom is -0.494 e. The molecule has 1 aliphatic heterocycles. The van der Waals surface area contributed by atoms with Gasteiger partial charge in [0.05, 0.1) is 11.6 Å². The number of hydrogen-bond acceptors (Lipinski definition) is 3. The third kappa shape index (κ3) is 1.36. The molecular weight excluding hydrogens is 140 g/mol. The van der Waals surface area contributed by atoms with Gasteiger partial charge >= 0.3 is 0 Å². The third-order valence-corrected chi connectivity index (χ3v) is 1.31. The van der Waals surface area contributed by atoms with E-state index in [9.17, 15) is 0 Å². The molecule has 0 saturated heterocycles. The Labute approximate surface area is 58.0 Å². The van der Waals surface area contributed by atoms with Gasteiger partial charge in [0, 0.05) is 0 Å². The Morgan fingerprint density at radius 2 is 2.44 bits per heavy atom. The summed E-state index contributed by atoms with van der Waals surface area (Å²) in [5, 5.41) is 11.8. The lowest BCUT2D eigenvalue weighted by Gasteiger charge is -2.10. The van der Waals surface area contributed by atoms with Crippen LogP contribution < -0.4 is 5.32 Å². The summed E-state index contributed by atoms with van der Waals surface area (Å²) in [6.45, 7) is 2.14. The number of amidine groups is 1. The molecule has 0 unspecified atom stereocenters. The lowest BCUT2D eigenvalue weighted by Crippen LogP contribution is -2.24. The molecule has 0 fully saturated rings. The number of aliphatic hydroxyl groups excluding tert-OH is 1. The fourth-order valence-electron chi connectivity index (χ4n) is 0.542. The minimum atomic E-state index is 0.0177. The van der Waals surface area contributed by atoms with Gasteiger partial charge in [-0.2, -0.15) is 0 Å². The predicted molar refractivity (Wildman–Crippen MR) is 36.6 cm³/mol. The van der Waals surface area contributed by atoms with Gasteiger partial charge in [0.2, 0.25) is 5.88 Å². The lowest BCUT2D eigenvalue weighted by atomic mass is 10.5. The highest BCUT2D eigenvalue weighted by Crippen LogP contribution is 2.08. The minimum absolute atomic E-state index is 0.0177. The molecule has 0 radical (unpaired) electrons. The number of nitrogens with zero attached hydrogens (tertiary/aromatic N) is 1. The second kappa shape index (κ2) is 2.27. The van der Waals surface area contributed by atoms with Gasteiger partial charge in [-0.25, -0.2) is 0 Å². The molecule has 0 spiro atoms. The summed E-state index contributed by atoms with van der Waals surface area (Å²) in [5.74, 6) is 0.709. The number of aliphatic imine (C=N–C) groups is 1. The van der Waals surface area contributed by atoms with E-state index < -0.39 is 0 Å². The monoisotopic (exact) mass is 146 g/mol. The molecule has 0 aromatic carbocycles. The summed E-state index contributed by atoms with van der Waals surface area (Å²) < 4.78 is 0. The van der Waals surface area contributed by atoms with E-state index in [2.05, 4.69) is 10.3 Å². The molecular formula is C5H7ClN2O. The predicted octanol–water partition coefficient (Wildman–Crippen LogP) is 0.974. The highest BCUT2D eigenvalue weighted by molar-refractivity contribution is 6.30. The van der Waals surface area contributed by atoms with Crippen molar-refractivity contribution in [1.29, 1.82) is 0 Å². The zero-order valence-corrected chi connectivity index (χ0v) is 5.74. The maximum absolute atomic E-state index is 8.90. The van der Waals surface area contributed by atoms with Crippen LogP contribution in [0.25, 0.3) is 0 Å². The standard InChI is InChI=1S/C5H7ClN2O/c1-3-7-2-4(6)5(9)8-3/h9H,2H2,1H3,(H,7,8). The molecule has 0 aliphatic carbocycles. The van der Waals surface area contributed by atoms with Crippen LogP contribution in [0, 0.1) is 0 Å². The smallest absolute Gasteiger partial charge is 0.206 e. The van der Waals surface area contributed by atoms with Crippen molar-refractivity contribution < 1.29 is 5.11 Å². The van der Waals surface area contributed by atoms with Crippen molar-refractivity contribution in [3.63, 3.8) is 0 Å². The van der Waals surface area contributed by atoms with E-state index in [1.54, 1.807) is 6.92 Å². The number of hydrogen-bond donors (Lipinski definition) is 2. The first-order chi connectivity index (χ1) is 4.20. The molecule has 0 atom stereocenters. The van der Waals surface area contributed by atoms with Gasteiger partial charge < -0.3 is 10.4 Å². The van der Waals surface area contributed by atoms with E-state index in [0.717, 1.165) is 0 Å². The number of aliphatic hydroxyl groups is 1. The van der Waals surface area contributed by atoms with Gasteiger partial charge in [-0.3, -0.25) is 4.99 Å². The second-order valence-corrected chi connectivity index (χ2v) is 2.24. The van der Waals surface area contributed by atoms with E-state index >= 15 is 0 Å². The van der Waals surface area contributed by atoms with E-state index in [4.69, 9.17) is 16.7 Å². The second-order valence-electron chi connectivity index (χ2n) is 1.78. The van der Waals surface area contributed by atoms with Crippen LogP contribution in [0.4, 0.5) is 0 Å². The number of halogens is 1. The Hall–Kier alpha value is -0.700. The first-order valence-electron chi connectivity index (χ1n) is 2.56. The fraction of sp³-hybridized carbons (Fsp3) is 0.400. The first-order valence-corrected chi connectivity index (χ1v) is 2.93. The Morgan fingerprint density at radius 3 is 2.89 bits per heavy atom. The van der Waals surface area contributed by atoms with E-state index in [1.165, 1.54) is 0 Å². The molecule has 4 heteroatoms. The average molecular weight is 147 g/mol. The van der Waals surface area contributed by atoms with Crippen molar-refractivity contribution in [2.24, 2.45) is 4.99 Å². The van der Waals surface area contributed by atoms with Gasteiger partial charge in [0.1, 0.15) is 5.84 Å². The molecule has 9 heavy (non-hydrogen) atoms. The quantitative estimate of drug-likeness (QED) is 0.535. The molecule has 0 aromatic rings. The zero-order valence-electron chi connectivity index (χ0n) is 4.98. The Kier molecular flexibility index (Phi) is 1.62. The zero-order chi connectivity index (χ0) is 6.85. The van der Waals surface area contributed by atoms with E-state index in [1.807, 2.05) is 0 Å². The van der Waals surface area contributed by atoms with Crippen molar-refractivity contribution >= 4 is 17.4 Å². The molecule has 0 amide bonds. The van der Waals surface area contributed by atoms with Gasteiger partial charge in [0.25, 0.3) is 0 Å². The maximum Gasteiger partial charge on any atom is 0.206 e. The molecule has 3 nitrogen and oxygen atoms in total. The van der Waals surface area contributed by atoms with Crippen LogP contribution in [-0.4, -0.2) is 17.5 Å². The molecule has 0 aromatic heterocycles. The van der Waals surface area contributed by atoms with Crippen LogP contribution in [0.15, 0.2) is 15.9 Å². The lowest BCUT2D eigenvalue weighted by molar-refractivity contribution is 0.381. The van der Waals surface area contributed by atoms with Crippen molar-refractivity contribution in [3.8, 4) is 0 Å². The van der Waals surface area contributed by atoms with Crippen LogP contribution >= 0.6 is 11.6 Å². The molecule has 0 bridgehead atoms. The number of rotatable bonds is 0. The van der Waals surface area contributed by atoms with Crippen molar-refractivity contribution in [2.75, 3.05) is 6.54 Å². The maximum atomic E-state index is 8.90. The van der Waals surface area contributed by atoms with Gasteiger partial charge in [-0.05, 0) is 6.92 Å². The van der Waals surface area contributed by atoms with Crippen LogP contribution in [0.3, 0.4) is 0 Å². The van der Waals surface area contributed by atoms with Crippen molar-refractivity contribution in [3.05, 3.63) is 10.9 Å².